The largest absolute Gasteiger partial charge is 0.466 e. The molecule has 0 aromatic heterocycles. The highest BCUT2D eigenvalue weighted by molar-refractivity contribution is 5.72. The van der Waals surface area contributed by atoms with Gasteiger partial charge < -0.3 is 4.74 Å². The van der Waals surface area contributed by atoms with E-state index in [2.05, 4.69) is 4.74 Å². The Balaban J connectivity index is 2.98. The highest BCUT2D eigenvalue weighted by Crippen LogP contribution is 2.16. The summed E-state index contributed by atoms with van der Waals surface area (Å²) in [5.41, 5.74) is -0.500. The van der Waals surface area contributed by atoms with Crippen molar-refractivity contribution in [2.45, 2.75) is 13.3 Å². The molecule has 0 aliphatic heterocycles. The maximum absolute atomic E-state index is 13.3. The molecule has 0 aliphatic carbocycles. The van der Waals surface area contributed by atoms with E-state index in [4.69, 9.17) is 5.26 Å². The zero-order valence-corrected chi connectivity index (χ0v) is 8.59. The third kappa shape index (κ3) is 2.76. The number of hydrogen-bond acceptors (Lipinski definition) is 3. The topological polar surface area (TPSA) is 50.1 Å². The minimum Gasteiger partial charge on any atom is -0.466 e. The molecule has 5 heteroatoms. The first-order valence-corrected chi connectivity index (χ1v) is 4.62. The summed E-state index contributed by atoms with van der Waals surface area (Å²) >= 11 is 0. The summed E-state index contributed by atoms with van der Waals surface area (Å²) in [5, 5.41) is 8.47. The van der Waals surface area contributed by atoms with E-state index in [-0.39, 0.29) is 17.7 Å². The number of benzene rings is 1. The van der Waals surface area contributed by atoms with Crippen LogP contribution in [0.3, 0.4) is 0 Å². The van der Waals surface area contributed by atoms with Crippen LogP contribution in [0.15, 0.2) is 12.1 Å². The van der Waals surface area contributed by atoms with Gasteiger partial charge >= 0.3 is 5.97 Å². The van der Waals surface area contributed by atoms with Gasteiger partial charge in [0.2, 0.25) is 0 Å². The van der Waals surface area contributed by atoms with E-state index >= 15 is 0 Å². The standard InChI is InChI=1S/C11H9F2NO2/c1-2-16-11(15)5-8-9(12)3-7(6-14)4-10(8)13/h3-4H,2,5H2,1H3. The first-order chi connectivity index (χ1) is 7.58. The summed E-state index contributed by atoms with van der Waals surface area (Å²) in [5.74, 6) is -2.53. The molecule has 84 valence electrons. The van der Waals surface area contributed by atoms with Crippen molar-refractivity contribution in [3.63, 3.8) is 0 Å². The zero-order chi connectivity index (χ0) is 12.1. The molecule has 0 spiro atoms. The molecule has 0 radical (unpaired) electrons. The molecule has 0 atom stereocenters. The Kier molecular flexibility index (Phi) is 3.95. The van der Waals surface area contributed by atoms with Gasteiger partial charge in [-0.1, -0.05) is 0 Å². The zero-order valence-electron chi connectivity index (χ0n) is 8.59. The van der Waals surface area contributed by atoms with Crippen LogP contribution in [-0.2, 0) is 16.0 Å². The quantitative estimate of drug-likeness (QED) is 0.738. The van der Waals surface area contributed by atoms with Crippen molar-refractivity contribution in [2.75, 3.05) is 6.61 Å². The number of esters is 1. The van der Waals surface area contributed by atoms with Gasteiger partial charge in [-0.25, -0.2) is 8.78 Å². The number of halogens is 2. The van der Waals surface area contributed by atoms with Crippen LogP contribution in [0.4, 0.5) is 8.78 Å². The van der Waals surface area contributed by atoms with Gasteiger partial charge in [-0.3, -0.25) is 4.79 Å². The molecule has 1 aromatic rings. The number of rotatable bonds is 3. The van der Waals surface area contributed by atoms with E-state index in [1.807, 2.05) is 0 Å². The molecular weight excluding hydrogens is 216 g/mol. The highest BCUT2D eigenvalue weighted by atomic mass is 19.1. The number of hydrogen-bond donors (Lipinski definition) is 0. The van der Waals surface area contributed by atoms with Crippen molar-refractivity contribution < 1.29 is 18.3 Å². The lowest BCUT2D eigenvalue weighted by Gasteiger charge is -2.05. The van der Waals surface area contributed by atoms with Gasteiger partial charge in [0.05, 0.1) is 24.7 Å². The van der Waals surface area contributed by atoms with E-state index in [0.717, 1.165) is 12.1 Å². The molecule has 0 bridgehead atoms. The maximum Gasteiger partial charge on any atom is 0.310 e. The Labute approximate surface area is 91.3 Å². The first-order valence-electron chi connectivity index (χ1n) is 4.62. The Hall–Kier alpha value is -1.96. The first kappa shape index (κ1) is 12.1. The summed E-state index contributed by atoms with van der Waals surface area (Å²) < 4.78 is 31.2. The Morgan fingerprint density at radius 1 is 1.44 bits per heavy atom. The molecule has 0 saturated carbocycles. The lowest BCUT2D eigenvalue weighted by atomic mass is 10.1. The molecule has 0 unspecified atom stereocenters. The fourth-order valence-corrected chi connectivity index (χ4v) is 1.19. The SMILES string of the molecule is CCOC(=O)Cc1c(F)cc(C#N)cc1F. The number of nitrogens with zero attached hydrogens (tertiary/aromatic N) is 1. The van der Waals surface area contributed by atoms with Crippen molar-refractivity contribution in [1.29, 1.82) is 5.26 Å². The van der Waals surface area contributed by atoms with E-state index in [0.29, 0.717) is 0 Å². The van der Waals surface area contributed by atoms with Crippen molar-refractivity contribution in [3.8, 4) is 6.07 Å². The molecule has 0 aliphatic rings. The Morgan fingerprint density at radius 2 is 2.00 bits per heavy atom. The average Bonchev–Trinajstić information content (AvgIpc) is 2.23. The van der Waals surface area contributed by atoms with Gasteiger partial charge in [0.25, 0.3) is 0 Å². The van der Waals surface area contributed by atoms with Crippen LogP contribution in [0.1, 0.15) is 18.1 Å². The van der Waals surface area contributed by atoms with Crippen LogP contribution in [-0.4, -0.2) is 12.6 Å². The summed E-state index contributed by atoms with van der Waals surface area (Å²) in [7, 11) is 0. The molecule has 0 N–H and O–H groups in total. The van der Waals surface area contributed by atoms with Crippen LogP contribution >= 0.6 is 0 Å². The predicted molar refractivity (Wildman–Crippen MR) is 51.4 cm³/mol. The van der Waals surface area contributed by atoms with Gasteiger partial charge in [-0.05, 0) is 19.1 Å². The monoisotopic (exact) mass is 225 g/mol. The number of ether oxygens (including phenoxy) is 1. The van der Waals surface area contributed by atoms with E-state index in [1.165, 1.54) is 0 Å². The van der Waals surface area contributed by atoms with Crippen LogP contribution in [0, 0.1) is 23.0 Å². The van der Waals surface area contributed by atoms with Crippen LogP contribution in [0.2, 0.25) is 0 Å². The summed E-state index contributed by atoms with van der Waals surface area (Å²) in [6, 6.07) is 3.39. The highest BCUT2D eigenvalue weighted by Gasteiger charge is 2.15. The second-order valence-electron chi connectivity index (χ2n) is 3.01. The van der Waals surface area contributed by atoms with Gasteiger partial charge in [0.1, 0.15) is 11.6 Å². The molecule has 16 heavy (non-hydrogen) atoms. The van der Waals surface area contributed by atoms with Crippen LogP contribution < -0.4 is 0 Å². The minimum atomic E-state index is -0.912. The molecule has 0 fully saturated rings. The molecule has 1 rings (SSSR count). The smallest absolute Gasteiger partial charge is 0.310 e. The van der Waals surface area contributed by atoms with Gasteiger partial charge in [0.15, 0.2) is 0 Å². The Bertz CT molecular complexity index is 429. The molecule has 0 saturated heterocycles. The third-order valence-corrected chi connectivity index (χ3v) is 1.90. The fourth-order valence-electron chi connectivity index (χ4n) is 1.19. The number of carbonyl (C=O) groups excluding carboxylic acids is 1. The second kappa shape index (κ2) is 5.21. The normalized spacial score (nSPS) is 9.62. The van der Waals surface area contributed by atoms with E-state index < -0.39 is 24.0 Å². The fraction of sp³-hybridized carbons (Fsp3) is 0.273. The second-order valence-corrected chi connectivity index (χ2v) is 3.01. The Morgan fingerprint density at radius 3 is 2.44 bits per heavy atom. The van der Waals surface area contributed by atoms with Gasteiger partial charge in [-0.2, -0.15) is 5.26 Å². The van der Waals surface area contributed by atoms with E-state index in [9.17, 15) is 13.6 Å². The van der Waals surface area contributed by atoms with Crippen molar-refractivity contribution in [3.05, 3.63) is 34.9 Å². The van der Waals surface area contributed by atoms with Crippen molar-refractivity contribution in [2.24, 2.45) is 0 Å². The maximum atomic E-state index is 13.3. The van der Waals surface area contributed by atoms with Crippen molar-refractivity contribution >= 4 is 5.97 Å². The van der Waals surface area contributed by atoms with Crippen LogP contribution in [0.5, 0.6) is 0 Å². The van der Waals surface area contributed by atoms with E-state index in [1.54, 1.807) is 13.0 Å². The average molecular weight is 225 g/mol. The molecule has 3 nitrogen and oxygen atoms in total. The molecule has 0 heterocycles. The lowest BCUT2D eigenvalue weighted by molar-refractivity contribution is -0.142. The lowest BCUT2D eigenvalue weighted by Crippen LogP contribution is -2.10. The number of carbonyl (C=O) groups is 1. The summed E-state index contributed by atoms with van der Waals surface area (Å²) in [4.78, 5) is 11.1. The predicted octanol–water partition coefficient (Wildman–Crippen LogP) is 1.94. The van der Waals surface area contributed by atoms with Gasteiger partial charge in [-0.15, -0.1) is 0 Å². The molecular formula is C11H9F2NO2. The van der Waals surface area contributed by atoms with Crippen LogP contribution in [0.25, 0.3) is 0 Å². The molecule has 0 amide bonds. The third-order valence-electron chi connectivity index (χ3n) is 1.90. The van der Waals surface area contributed by atoms with Crippen molar-refractivity contribution in [1.82, 2.24) is 0 Å². The number of nitriles is 1. The summed E-state index contributed by atoms with van der Waals surface area (Å²) in [6.07, 6.45) is -0.475. The molecule has 1 aromatic carbocycles. The minimum absolute atomic E-state index is 0.123. The summed E-state index contributed by atoms with van der Waals surface area (Å²) in [6.45, 7) is 1.75. The van der Waals surface area contributed by atoms with Gasteiger partial charge in [0, 0.05) is 5.56 Å².